The van der Waals surface area contributed by atoms with Crippen LogP contribution in [0.25, 0.3) is 5.52 Å². The fraction of sp³-hybridized carbons (Fsp3) is 0.417. The van der Waals surface area contributed by atoms with E-state index in [2.05, 4.69) is 44.1 Å². The van der Waals surface area contributed by atoms with Crippen LogP contribution in [0.5, 0.6) is 0 Å². The first-order chi connectivity index (χ1) is 6.48. The number of rotatable bonds is 0. The average Bonchev–Trinajstić information content (AvgIpc) is 2.41. The molecule has 2 heterocycles. The summed E-state index contributed by atoms with van der Waals surface area (Å²) < 4.78 is 1.95. The number of nitrogens with zero attached hydrogens (tertiary/aromatic N) is 2. The molecule has 0 radical (unpaired) electrons. The van der Waals surface area contributed by atoms with Crippen LogP contribution in [0.15, 0.2) is 24.4 Å². The molecule has 2 heteroatoms. The SMILES string of the molecule is Cc1cc2c(C(C)(C)C)cccn2n1. The predicted octanol–water partition coefficient (Wildman–Crippen LogP) is 2.94. The third-order valence-corrected chi connectivity index (χ3v) is 2.43. The number of aryl methyl sites for hydroxylation is 1. The molecule has 0 aliphatic heterocycles. The van der Waals surface area contributed by atoms with Crippen LogP contribution >= 0.6 is 0 Å². The van der Waals surface area contributed by atoms with Crippen LogP contribution in [0, 0.1) is 6.92 Å². The largest absolute Gasteiger partial charge is 0.240 e. The summed E-state index contributed by atoms with van der Waals surface area (Å²) >= 11 is 0. The lowest BCUT2D eigenvalue weighted by atomic mass is 9.87. The number of hydrogen-bond donors (Lipinski definition) is 0. The van der Waals surface area contributed by atoms with Gasteiger partial charge in [-0.2, -0.15) is 5.10 Å². The van der Waals surface area contributed by atoms with Crippen molar-refractivity contribution < 1.29 is 0 Å². The minimum absolute atomic E-state index is 0.176. The molecule has 0 amide bonds. The van der Waals surface area contributed by atoms with Crippen molar-refractivity contribution in [3.63, 3.8) is 0 Å². The van der Waals surface area contributed by atoms with E-state index in [1.165, 1.54) is 11.1 Å². The van der Waals surface area contributed by atoms with Crippen molar-refractivity contribution in [3.05, 3.63) is 35.7 Å². The van der Waals surface area contributed by atoms with Gasteiger partial charge in [0.1, 0.15) is 0 Å². The number of fused-ring (bicyclic) bond motifs is 1. The first-order valence-corrected chi connectivity index (χ1v) is 4.94. The van der Waals surface area contributed by atoms with E-state index >= 15 is 0 Å². The topological polar surface area (TPSA) is 17.3 Å². The van der Waals surface area contributed by atoms with E-state index in [0.29, 0.717) is 0 Å². The molecule has 0 aromatic carbocycles. The van der Waals surface area contributed by atoms with Gasteiger partial charge in [-0.3, -0.25) is 0 Å². The summed E-state index contributed by atoms with van der Waals surface area (Å²) in [6.45, 7) is 8.71. The van der Waals surface area contributed by atoms with Gasteiger partial charge in [0.05, 0.1) is 11.2 Å². The molecule has 2 aromatic rings. The molecule has 0 fully saturated rings. The quantitative estimate of drug-likeness (QED) is 0.621. The second-order valence-corrected chi connectivity index (χ2v) is 4.79. The van der Waals surface area contributed by atoms with Crippen molar-refractivity contribution in [2.75, 3.05) is 0 Å². The van der Waals surface area contributed by atoms with E-state index in [0.717, 1.165) is 5.69 Å². The number of aromatic nitrogens is 2. The van der Waals surface area contributed by atoms with Gasteiger partial charge in [0.15, 0.2) is 0 Å². The molecule has 0 bridgehead atoms. The van der Waals surface area contributed by atoms with Crippen molar-refractivity contribution in [3.8, 4) is 0 Å². The van der Waals surface area contributed by atoms with Gasteiger partial charge in [-0.25, -0.2) is 4.52 Å². The summed E-state index contributed by atoms with van der Waals surface area (Å²) in [5, 5.41) is 4.40. The number of pyridine rings is 1. The normalized spacial score (nSPS) is 12.3. The second kappa shape index (κ2) is 2.84. The fourth-order valence-corrected chi connectivity index (χ4v) is 1.77. The minimum atomic E-state index is 0.176. The van der Waals surface area contributed by atoms with Crippen LogP contribution < -0.4 is 0 Å². The summed E-state index contributed by atoms with van der Waals surface area (Å²) in [5.74, 6) is 0. The van der Waals surface area contributed by atoms with Gasteiger partial charge < -0.3 is 0 Å². The van der Waals surface area contributed by atoms with Crippen molar-refractivity contribution in [2.45, 2.75) is 33.1 Å². The van der Waals surface area contributed by atoms with E-state index in [4.69, 9.17) is 0 Å². The Labute approximate surface area is 84.6 Å². The Kier molecular flexibility index (Phi) is 1.88. The molecule has 0 saturated carbocycles. The van der Waals surface area contributed by atoms with Crippen LogP contribution in [0.4, 0.5) is 0 Å². The van der Waals surface area contributed by atoms with E-state index in [1.54, 1.807) is 0 Å². The zero-order valence-electron chi connectivity index (χ0n) is 9.20. The molecule has 0 saturated heterocycles. The maximum Gasteiger partial charge on any atom is 0.0701 e. The third-order valence-electron chi connectivity index (χ3n) is 2.43. The Hall–Kier alpha value is -1.31. The number of hydrogen-bond acceptors (Lipinski definition) is 1. The molecule has 0 unspecified atom stereocenters. The molecular formula is C12H16N2. The molecule has 74 valence electrons. The fourth-order valence-electron chi connectivity index (χ4n) is 1.77. The standard InChI is InChI=1S/C12H16N2/c1-9-8-11-10(12(2,3)4)6-5-7-14(11)13-9/h5-8H,1-4H3. The molecule has 2 rings (SSSR count). The zero-order valence-corrected chi connectivity index (χ0v) is 9.20. The minimum Gasteiger partial charge on any atom is -0.240 e. The van der Waals surface area contributed by atoms with Crippen LogP contribution in [0.2, 0.25) is 0 Å². The molecule has 2 nitrogen and oxygen atoms in total. The van der Waals surface area contributed by atoms with E-state index in [-0.39, 0.29) is 5.41 Å². The Balaban J connectivity index is 2.77. The molecule has 0 aliphatic rings. The highest BCUT2D eigenvalue weighted by Crippen LogP contribution is 2.26. The molecule has 14 heavy (non-hydrogen) atoms. The first-order valence-electron chi connectivity index (χ1n) is 4.94. The Morgan fingerprint density at radius 2 is 2.00 bits per heavy atom. The maximum absolute atomic E-state index is 4.40. The molecule has 0 spiro atoms. The molecule has 0 atom stereocenters. The van der Waals surface area contributed by atoms with Crippen molar-refractivity contribution in [1.29, 1.82) is 0 Å². The Morgan fingerprint density at radius 3 is 2.64 bits per heavy atom. The summed E-state index contributed by atoms with van der Waals surface area (Å²) in [6, 6.07) is 6.37. The highest BCUT2D eigenvalue weighted by atomic mass is 15.2. The summed E-state index contributed by atoms with van der Waals surface area (Å²) in [5.41, 5.74) is 3.81. The smallest absolute Gasteiger partial charge is 0.0701 e. The van der Waals surface area contributed by atoms with Gasteiger partial charge in [-0.05, 0) is 30.0 Å². The highest BCUT2D eigenvalue weighted by Gasteiger charge is 2.17. The van der Waals surface area contributed by atoms with Crippen LogP contribution in [0.3, 0.4) is 0 Å². The lowest BCUT2D eigenvalue weighted by Gasteiger charge is -2.19. The van der Waals surface area contributed by atoms with E-state index < -0.39 is 0 Å². The van der Waals surface area contributed by atoms with Gasteiger partial charge >= 0.3 is 0 Å². The highest BCUT2D eigenvalue weighted by molar-refractivity contribution is 5.57. The lowest BCUT2D eigenvalue weighted by molar-refractivity contribution is 0.592. The van der Waals surface area contributed by atoms with Crippen LogP contribution in [-0.4, -0.2) is 9.61 Å². The zero-order chi connectivity index (χ0) is 10.3. The van der Waals surface area contributed by atoms with Crippen LogP contribution in [-0.2, 0) is 5.41 Å². The average molecular weight is 188 g/mol. The lowest BCUT2D eigenvalue weighted by Crippen LogP contribution is -2.12. The predicted molar refractivity (Wildman–Crippen MR) is 58.6 cm³/mol. The van der Waals surface area contributed by atoms with Gasteiger partial charge in [-0.1, -0.05) is 26.8 Å². The van der Waals surface area contributed by atoms with Gasteiger partial charge in [-0.15, -0.1) is 0 Å². The Bertz CT molecular complexity index is 461. The van der Waals surface area contributed by atoms with Crippen molar-refractivity contribution in [1.82, 2.24) is 9.61 Å². The molecule has 2 aromatic heterocycles. The summed E-state index contributed by atoms with van der Waals surface area (Å²) in [4.78, 5) is 0. The van der Waals surface area contributed by atoms with Crippen LogP contribution in [0.1, 0.15) is 32.0 Å². The van der Waals surface area contributed by atoms with Gasteiger partial charge in [0.25, 0.3) is 0 Å². The van der Waals surface area contributed by atoms with Gasteiger partial charge in [0.2, 0.25) is 0 Å². The van der Waals surface area contributed by atoms with Crippen molar-refractivity contribution >= 4 is 5.52 Å². The summed E-state index contributed by atoms with van der Waals surface area (Å²) in [6.07, 6.45) is 2.00. The molecule has 0 aliphatic carbocycles. The van der Waals surface area contributed by atoms with Crippen molar-refractivity contribution in [2.24, 2.45) is 0 Å². The van der Waals surface area contributed by atoms with E-state index in [1.807, 2.05) is 17.6 Å². The second-order valence-electron chi connectivity index (χ2n) is 4.79. The third kappa shape index (κ3) is 1.41. The maximum atomic E-state index is 4.40. The Morgan fingerprint density at radius 1 is 1.29 bits per heavy atom. The first kappa shape index (κ1) is 9.25. The molecular weight excluding hydrogens is 172 g/mol. The van der Waals surface area contributed by atoms with Gasteiger partial charge in [0, 0.05) is 6.20 Å². The van der Waals surface area contributed by atoms with E-state index in [9.17, 15) is 0 Å². The summed E-state index contributed by atoms with van der Waals surface area (Å²) in [7, 11) is 0. The molecule has 0 N–H and O–H groups in total. The monoisotopic (exact) mass is 188 g/mol.